The second-order valence-corrected chi connectivity index (χ2v) is 8.27. The van der Waals surface area contributed by atoms with E-state index < -0.39 is 0 Å². The SMILES string of the molecule is COCCNC(=S)/N=C(/Nc1nc(C)cc(C)n1)N1CCC(Cc2ccccc2)CC1. The molecule has 1 fully saturated rings. The van der Waals surface area contributed by atoms with Crippen LogP contribution < -0.4 is 10.6 Å². The standard InChI is InChI=1S/C23H32N6OS/c1-17-15-18(2)26-21(25-17)27-22(28-23(31)24-11-14-30-3)29-12-9-20(10-13-29)16-19-7-5-4-6-8-19/h4-8,15,20H,9-14,16H2,1-3H3,(H2,24,25,26,27,28,31). The topological polar surface area (TPSA) is 74.7 Å². The molecule has 2 aromatic rings. The molecule has 0 saturated carbocycles. The number of rotatable bonds is 6. The third kappa shape index (κ3) is 7.56. The number of thiocarbonyl (C=S) groups is 1. The predicted molar refractivity (Wildman–Crippen MR) is 129 cm³/mol. The van der Waals surface area contributed by atoms with Crippen LogP contribution in [0.4, 0.5) is 5.95 Å². The van der Waals surface area contributed by atoms with Crippen molar-refractivity contribution in [3.8, 4) is 0 Å². The maximum Gasteiger partial charge on any atom is 0.229 e. The van der Waals surface area contributed by atoms with Crippen molar-refractivity contribution in [3.05, 3.63) is 53.3 Å². The number of aliphatic imine (C=N–C) groups is 1. The predicted octanol–water partition coefficient (Wildman–Crippen LogP) is 3.34. The number of hydrogen-bond acceptors (Lipinski definition) is 4. The van der Waals surface area contributed by atoms with Crippen molar-refractivity contribution in [3.63, 3.8) is 0 Å². The second kappa shape index (κ2) is 11.7. The molecule has 0 amide bonds. The number of aryl methyl sites for hydroxylation is 2. The Labute approximate surface area is 190 Å². The second-order valence-electron chi connectivity index (χ2n) is 7.88. The van der Waals surface area contributed by atoms with Crippen LogP contribution in [0.2, 0.25) is 0 Å². The molecule has 7 nitrogen and oxygen atoms in total. The first-order valence-electron chi connectivity index (χ1n) is 10.8. The van der Waals surface area contributed by atoms with Gasteiger partial charge in [0.1, 0.15) is 0 Å². The van der Waals surface area contributed by atoms with E-state index in [-0.39, 0.29) is 0 Å². The fourth-order valence-corrected chi connectivity index (χ4v) is 3.94. The van der Waals surface area contributed by atoms with Crippen molar-refractivity contribution in [2.24, 2.45) is 10.9 Å². The summed E-state index contributed by atoms with van der Waals surface area (Å²) in [4.78, 5) is 15.9. The summed E-state index contributed by atoms with van der Waals surface area (Å²) in [5, 5.41) is 6.85. The molecule has 1 aliphatic rings. The minimum Gasteiger partial charge on any atom is -0.383 e. The number of hydrogen-bond donors (Lipinski definition) is 2. The molecule has 31 heavy (non-hydrogen) atoms. The van der Waals surface area contributed by atoms with E-state index in [9.17, 15) is 0 Å². The minimum atomic E-state index is 0.426. The Bertz CT molecular complexity index is 861. The number of anilines is 1. The summed E-state index contributed by atoms with van der Waals surface area (Å²) >= 11 is 5.43. The summed E-state index contributed by atoms with van der Waals surface area (Å²) in [6, 6.07) is 12.7. The minimum absolute atomic E-state index is 0.426. The van der Waals surface area contributed by atoms with Gasteiger partial charge in [-0.2, -0.15) is 4.99 Å². The molecule has 2 N–H and O–H groups in total. The highest BCUT2D eigenvalue weighted by Gasteiger charge is 2.23. The number of piperidine rings is 1. The van der Waals surface area contributed by atoms with Crippen LogP contribution in [0.5, 0.6) is 0 Å². The quantitative estimate of drug-likeness (QED) is 0.309. The van der Waals surface area contributed by atoms with Gasteiger partial charge in [-0.1, -0.05) is 30.3 Å². The molecule has 0 aliphatic carbocycles. The molecule has 3 rings (SSSR count). The van der Waals surface area contributed by atoms with E-state index in [1.54, 1.807) is 7.11 Å². The molecule has 0 spiro atoms. The van der Waals surface area contributed by atoms with Crippen molar-refractivity contribution >= 4 is 29.2 Å². The van der Waals surface area contributed by atoms with E-state index in [0.717, 1.165) is 43.7 Å². The van der Waals surface area contributed by atoms with Crippen molar-refractivity contribution < 1.29 is 4.74 Å². The highest BCUT2D eigenvalue weighted by atomic mass is 32.1. The Morgan fingerprint density at radius 3 is 2.48 bits per heavy atom. The van der Waals surface area contributed by atoms with Crippen LogP contribution in [-0.2, 0) is 11.2 Å². The van der Waals surface area contributed by atoms with Gasteiger partial charge < -0.3 is 15.0 Å². The first-order valence-corrected chi connectivity index (χ1v) is 11.2. The Morgan fingerprint density at radius 1 is 1.16 bits per heavy atom. The van der Waals surface area contributed by atoms with Gasteiger partial charge in [0.25, 0.3) is 0 Å². The molecule has 2 heterocycles. The third-order valence-electron chi connectivity index (χ3n) is 5.28. The number of ether oxygens (including phenoxy) is 1. The molecule has 0 unspecified atom stereocenters. The number of benzene rings is 1. The summed E-state index contributed by atoms with van der Waals surface area (Å²) in [7, 11) is 1.66. The lowest BCUT2D eigenvalue weighted by Crippen LogP contribution is -2.44. The summed E-state index contributed by atoms with van der Waals surface area (Å²) in [5.74, 6) is 1.91. The van der Waals surface area contributed by atoms with Gasteiger partial charge in [-0.3, -0.25) is 5.32 Å². The van der Waals surface area contributed by atoms with Crippen LogP contribution in [0.15, 0.2) is 41.4 Å². The van der Waals surface area contributed by atoms with E-state index >= 15 is 0 Å². The van der Waals surface area contributed by atoms with E-state index in [1.807, 2.05) is 19.9 Å². The molecular weight excluding hydrogens is 408 g/mol. The fourth-order valence-electron chi connectivity index (χ4n) is 3.75. The lowest BCUT2D eigenvalue weighted by atomic mass is 9.90. The van der Waals surface area contributed by atoms with Crippen LogP contribution in [0.3, 0.4) is 0 Å². The molecule has 0 radical (unpaired) electrons. The molecule has 1 saturated heterocycles. The van der Waals surface area contributed by atoms with E-state index in [1.165, 1.54) is 5.56 Å². The summed E-state index contributed by atoms with van der Waals surface area (Å²) in [6.07, 6.45) is 3.33. The van der Waals surface area contributed by atoms with Gasteiger partial charge in [-0.15, -0.1) is 0 Å². The Morgan fingerprint density at radius 2 is 1.84 bits per heavy atom. The lowest BCUT2D eigenvalue weighted by molar-refractivity contribution is 0.204. The van der Waals surface area contributed by atoms with E-state index in [4.69, 9.17) is 17.0 Å². The molecule has 166 valence electrons. The van der Waals surface area contributed by atoms with Gasteiger partial charge in [0, 0.05) is 38.1 Å². The van der Waals surface area contributed by atoms with E-state index in [0.29, 0.717) is 36.1 Å². The maximum absolute atomic E-state index is 5.43. The van der Waals surface area contributed by atoms with Gasteiger partial charge in [-0.25, -0.2) is 9.97 Å². The fraction of sp³-hybridized carbons (Fsp3) is 0.478. The summed E-state index contributed by atoms with van der Waals surface area (Å²) < 4.78 is 5.08. The molecule has 1 aromatic heterocycles. The number of methoxy groups -OCH3 is 1. The average Bonchev–Trinajstić information content (AvgIpc) is 2.74. The normalized spacial score (nSPS) is 15.1. The first-order chi connectivity index (χ1) is 15.0. The van der Waals surface area contributed by atoms with E-state index in [2.05, 4.69) is 60.8 Å². The number of aromatic nitrogens is 2. The Hall–Kier alpha value is -2.58. The Balaban J connectivity index is 1.68. The van der Waals surface area contributed by atoms with Gasteiger partial charge in [0.2, 0.25) is 11.9 Å². The third-order valence-corrected chi connectivity index (χ3v) is 5.51. The van der Waals surface area contributed by atoms with Crippen molar-refractivity contribution in [1.82, 2.24) is 20.2 Å². The van der Waals surface area contributed by atoms with Crippen LogP contribution in [0, 0.1) is 19.8 Å². The highest BCUT2D eigenvalue weighted by molar-refractivity contribution is 7.80. The van der Waals surface area contributed by atoms with Gasteiger partial charge in [-0.05, 0) is 62.9 Å². The molecule has 1 aromatic carbocycles. The van der Waals surface area contributed by atoms with Crippen molar-refractivity contribution in [2.75, 3.05) is 38.7 Å². The van der Waals surface area contributed by atoms with Crippen LogP contribution in [0.1, 0.15) is 29.8 Å². The molecule has 8 heteroatoms. The monoisotopic (exact) mass is 440 g/mol. The van der Waals surface area contributed by atoms with Gasteiger partial charge in [0.15, 0.2) is 5.11 Å². The average molecular weight is 441 g/mol. The van der Waals surface area contributed by atoms with Crippen molar-refractivity contribution in [2.45, 2.75) is 33.1 Å². The maximum atomic E-state index is 5.43. The molecule has 0 bridgehead atoms. The summed E-state index contributed by atoms with van der Waals surface area (Å²) in [5.41, 5.74) is 3.23. The Kier molecular flexibility index (Phi) is 8.73. The van der Waals surface area contributed by atoms with Crippen LogP contribution in [0.25, 0.3) is 0 Å². The van der Waals surface area contributed by atoms with Crippen LogP contribution in [-0.4, -0.2) is 59.3 Å². The lowest BCUT2D eigenvalue weighted by Gasteiger charge is -2.34. The number of likely N-dealkylation sites (tertiary alicyclic amines) is 1. The zero-order chi connectivity index (χ0) is 22.1. The summed E-state index contributed by atoms with van der Waals surface area (Å²) in [6.45, 7) is 6.93. The smallest absolute Gasteiger partial charge is 0.229 e. The zero-order valence-electron chi connectivity index (χ0n) is 18.6. The number of nitrogens with one attached hydrogen (secondary N) is 2. The molecular formula is C23H32N6OS. The number of nitrogens with zero attached hydrogens (tertiary/aromatic N) is 4. The van der Waals surface area contributed by atoms with Gasteiger partial charge >= 0.3 is 0 Å². The van der Waals surface area contributed by atoms with Crippen LogP contribution >= 0.6 is 12.2 Å². The van der Waals surface area contributed by atoms with Gasteiger partial charge in [0.05, 0.1) is 6.61 Å². The van der Waals surface area contributed by atoms with Crippen molar-refractivity contribution in [1.29, 1.82) is 0 Å². The largest absolute Gasteiger partial charge is 0.383 e. The molecule has 1 aliphatic heterocycles. The highest BCUT2D eigenvalue weighted by Crippen LogP contribution is 2.22. The molecule has 0 atom stereocenters. The zero-order valence-corrected chi connectivity index (χ0v) is 19.4. The number of guanidine groups is 1. The first kappa shape index (κ1) is 23.1.